The molecular formula is C23H25N3O4S. The van der Waals surface area contributed by atoms with E-state index in [-0.39, 0.29) is 11.7 Å². The number of rotatable bonds is 5. The molecule has 1 heterocycles. The lowest BCUT2D eigenvalue weighted by Gasteiger charge is -2.24. The molecule has 3 aromatic carbocycles. The molecule has 31 heavy (non-hydrogen) atoms. The van der Waals surface area contributed by atoms with Gasteiger partial charge >= 0.3 is 0 Å². The molecule has 4 rings (SSSR count). The van der Waals surface area contributed by atoms with Crippen LogP contribution in [0.25, 0.3) is 22.3 Å². The number of fused-ring (bicyclic) bond motifs is 1. The zero-order valence-corrected chi connectivity index (χ0v) is 18.7. The molecule has 3 aromatic rings. The van der Waals surface area contributed by atoms with Crippen LogP contribution < -0.4 is 24.4 Å². The first-order chi connectivity index (χ1) is 14.6. The van der Waals surface area contributed by atoms with Crippen molar-refractivity contribution in [2.75, 3.05) is 44.8 Å². The van der Waals surface area contributed by atoms with E-state index >= 15 is 0 Å². The quantitative estimate of drug-likeness (QED) is 0.655. The van der Waals surface area contributed by atoms with E-state index in [0.717, 1.165) is 33.6 Å². The lowest BCUT2D eigenvalue weighted by atomic mass is 9.93. The lowest BCUT2D eigenvalue weighted by Crippen LogP contribution is -2.16. The highest BCUT2D eigenvalue weighted by atomic mass is 32.2. The van der Waals surface area contributed by atoms with Gasteiger partial charge in [0.15, 0.2) is 11.5 Å². The number of hydrogen-bond donors (Lipinski definition) is 1. The molecular weight excluding hydrogens is 414 g/mol. The zero-order chi connectivity index (χ0) is 22.3. The van der Waals surface area contributed by atoms with Crippen LogP contribution in [-0.2, 0) is 10.0 Å². The van der Waals surface area contributed by atoms with Gasteiger partial charge in [-0.15, -0.1) is 0 Å². The highest BCUT2D eigenvalue weighted by Gasteiger charge is 2.20. The number of primary sulfonamides is 1. The predicted molar refractivity (Wildman–Crippen MR) is 123 cm³/mol. The Morgan fingerprint density at radius 2 is 1.26 bits per heavy atom. The Morgan fingerprint density at radius 1 is 0.742 bits per heavy atom. The van der Waals surface area contributed by atoms with Crippen molar-refractivity contribution in [1.29, 1.82) is 0 Å². The Balaban J connectivity index is 1.90. The molecule has 7 nitrogen and oxygen atoms in total. The van der Waals surface area contributed by atoms with E-state index in [1.807, 2.05) is 40.3 Å². The van der Waals surface area contributed by atoms with Gasteiger partial charge in [0, 0.05) is 28.2 Å². The molecule has 0 unspecified atom stereocenters. The summed E-state index contributed by atoms with van der Waals surface area (Å²) in [7, 11) is 4.30. The predicted octanol–water partition coefficient (Wildman–Crippen LogP) is 3.53. The second-order valence-corrected chi connectivity index (χ2v) is 9.37. The Hall–Kier alpha value is -3.23. The third-order valence-corrected chi connectivity index (χ3v) is 6.19. The normalized spacial score (nSPS) is 12.7. The van der Waals surface area contributed by atoms with Crippen molar-refractivity contribution in [1.82, 2.24) is 0 Å². The summed E-state index contributed by atoms with van der Waals surface area (Å²) in [6.45, 7) is 0.172. The first kappa shape index (κ1) is 21.0. The Morgan fingerprint density at radius 3 is 1.77 bits per heavy atom. The highest BCUT2D eigenvalue weighted by Crippen LogP contribution is 2.44. The Labute approximate surface area is 182 Å². The molecule has 0 amide bonds. The molecule has 0 radical (unpaired) electrons. The van der Waals surface area contributed by atoms with Crippen LogP contribution in [0.2, 0.25) is 0 Å². The molecule has 0 atom stereocenters. The minimum absolute atomic E-state index is 0.0729. The molecule has 1 aliphatic heterocycles. The standard InChI is InChI=1S/C23H25N3O4S/c1-25(2)20-10-7-16(11-21(20)26(3)4)19-13-23-22(29-14-30-23)12-18(19)15-5-8-17(9-6-15)31(24,27)28/h5-13H,14H2,1-4H3,(H2,24,27,28). The fraction of sp³-hybridized carbons (Fsp3) is 0.217. The fourth-order valence-electron chi connectivity index (χ4n) is 3.67. The van der Waals surface area contributed by atoms with Crippen molar-refractivity contribution >= 4 is 21.4 Å². The third kappa shape index (κ3) is 4.04. The maximum Gasteiger partial charge on any atom is 0.238 e. The average molecular weight is 440 g/mol. The van der Waals surface area contributed by atoms with Gasteiger partial charge in [0.25, 0.3) is 0 Å². The summed E-state index contributed by atoms with van der Waals surface area (Å²) in [4.78, 5) is 4.22. The molecule has 0 aromatic heterocycles. The van der Waals surface area contributed by atoms with Crippen molar-refractivity contribution in [2.24, 2.45) is 5.14 Å². The first-order valence-electron chi connectivity index (χ1n) is 9.71. The van der Waals surface area contributed by atoms with Crippen molar-refractivity contribution in [3.8, 4) is 33.8 Å². The van der Waals surface area contributed by atoms with Crippen LogP contribution in [-0.4, -0.2) is 43.4 Å². The van der Waals surface area contributed by atoms with Crippen molar-refractivity contribution in [2.45, 2.75) is 4.90 Å². The molecule has 0 spiro atoms. The van der Waals surface area contributed by atoms with Crippen molar-refractivity contribution < 1.29 is 17.9 Å². The van der Waals surface area contributed by atoms with Gasteiger partial charge in [0.2, 0.25) is 16.8 Å². The third-order valence-electron chi connectivity index (χ3n) is 5.26. The molecule has 0 bridgehead atoms. The van der Waals surface area contributed by atoms with Gasteiger partial charge in [0.1, 0.15) is 0 Å². The summed E-state index contributed by atoms with van der Waals surface area (Å²) in [5, 5.41) is 5.25. The smallest absolute Gasteiger partial charge is 0.238 e. The van der Waals surface area contributed by atoms with E-state index in [2.05, 4.69) is 28.0 Å². The van der Waals surface area contributed by atoms with Gasteiger partial charge in [-0.3, -0.25) is 0 Å². The summed E-state index contributed by atoms with van der Waals surface area (Å²) in [5.74, 6) is 1.34. The molecule has 162 valence electrons. The number of nitrogens with two attached hydrogens (primary N) is 1. The van der Waals surface area contributed by atoms with Gasteiger partial charge in [0.05, 0.1) is 16.3 Å². The highest BCUT2D eigenvalue weighted by molar-refractivity contribution is 7.89. The van der Waals surface area contributed by atoms with Crippen LogP contribution in [0, 0.1) is 0 Å². The van der Waals surface area contributed by atoms with Gasteiger partial charge in [-0.2, -0.15) is 0 Å². The van der Waals surface area contributed by atoms with E-state index in [1.54, 1.807) is 12.1 Å². The van der Waals surface area contributed by atoms with Crippen molar-refractivity contribution in [3.05, 3.63) is 54.6 Å². The van der Waals surface area contributed by atoms with Crippen LogP contribution in [0.3, 0.4) is 0 Å². The van der Waals surface area contributed by atoms with E-state index in [1.165, 1.54) is 12.1 Å². The molecule has 0 saturated heterocycles. The van der Waals surface area contributed by atoms with Gasteiger partial charge < -0.3 is 19.3 Å². The second kappa shape index (κ2) is 7.79. The minimum Gasteiger partial charge on any atom is -0.454 e. The van der Waals surface area contributed by atoms with E-state index < -0.39 is 10.0 Å². The summed E-state index contributed by atoms with van der Waals surface area (Å²) >= 11 is 0. The van der Waals surface area contributed by atoms with Gasteiger partial charge in [-0.25, -0.2) is 13.6 Å². The number of nitrogens with zero attached hydrogens (tertiary/aromatic N) is 2. The fourth-order valence-corrected chi connectivity index (χ4v) is 4.19. The maximum absolute atomic E-state index is 11.6. The monoisotopic (exact) mass is 439 g/mol. The molecule has 1 aliphatic rings. The van der Waals surface area contributed by atoms with Gasteiger partial charge in [-0.05, 0) is 58.7 Å². The molecule has 0 aliphatic carbocycles. The summed E-state index contributed by atoms with van der Waals surface area (Å²) in [6, 6.07) is 16.7. The molecule has 0 fully saturated rings. The summed E-state index contributed by atoms with van der Waals surface area (Å²) < 4.78 is 34.5. The number of hydrogen-bond acceptors (Lipinski definition) is 6. The summed E-state index contributed by atoms with van der Waals surface area (Å²) in [6.07, 6.45) is 0. The zero-order valence-electron chi connectivity index (χ0n) is 17.9. The summed E-state index contributed by atoms with van der Waals surface area (Å²) in [5.41, 5.74) is 5.92. The van der Waals surface area contributed by atoms with E-state index in [4.69, 9.17) is 14.6 Å². The average Bonchev–Trinajstić information content (AvgIpc) is 3.19. The maximum atomic E-state index is 11.6. The largest absolute Gasteiger partial charge is 0.454 e. The van der Waals surface area contributed by atoms with Gasteiger partial charge in [-0.1, -0.05) is 18.2 Å². The number of sulfonamides is 1. The van der Waals surface area contributed by atoms with Crippen molar-refractivity contribution in [3.63, 3.8) is 0 Å². The SMILES string of the molecule is CN(C)c1ccc(-c2cc3c(cc2-c2ccc(S(N)(=O)=O)cc2)OCO3)cc1N(C)C. The molecule has 0 saturated carbocycles. The van der Waals surface area contributed by atoms with Crippen LogP contribution in [0.5, 0.6) is 11.5 Å². The minimum atomic E-state index is -3.76. The first-order valence-corrected chi connectivity index (χ1v) is 11.3. The van der Waals surface area contributed by atoms with E-state index in [0.29, 0.717) is 11.5 Å². The van der Waals surface area contributed by atoms with Crippen LogP contribution >= 0.6 is 0 Å². The van der Waals surface area contributed by atoms with Crippen LogP contribution in [0.4, 0.5) is 11.4 Å². The molecule has 2 N–H and O–H groups in total. The number of anilines is 2. The van der Waals surface area contributed by atoms with Crippen LogP contribution in [0.1, 0.15) is 0 Å². The lowest BCUT2D eigenvalue weighted by molar-refractivity contribution is 0.174. The second-order valence-electron chi connectivity index (χ2n) is 7.81. The van der Waals surface area contributed by atoms with E-state index in [9.17, 15) is 8.42 Å². The van der Waals surface area contributed by atoms with Crippen LogP contribution in [0.15, 0.2) is 59.5 Å². The Bertz CT molecular complexity index is 1240. The topological polar surface area (TPSA) is 85.1 Å². The number of ether oxygens (including phenoxy) is 2. The number of benzene rings is 3. The Kier molecular flexibility index (Phi) is 5.28. The molecule has 8 heteroatoms.